The maximum absolute atomic E-state index is 12.6. The Hall–Kier alpha value is -2.83. The Morgan fingerprint density at radius 2 is 1.81 bits per heavy atom. The first-order valence-electron chi connectivity index (χ1n) is 8.20. The molecule has 0 amide bonds. The van der Waals surface area contributed by atoms with Gasteiger partial charge in [0.05, 0.1) is 33.4 Å². The minimum Gasteiger partial charge on any atom is -0.462 e. The molecule has 2 heterocycles. The standard InChI is InChI=1S/C19H14Cl2N4O2/c1-2-27-19(26)15-16-18(24-14-6-4-3-5-13(14)23-16)25(17(15)22)10-7-8-11(20)12(21)9-10/h3-9H,2,22H2,1H3. The Balaban J connectivity index is 2.10. The summed E-state index contributed by atoms with van der Waals surface area (Å²) in [6, 6.07) is 12.4. The van der Waals surface area contributed by atoms with E-state index in [-0.39, 0.29) is 18.0 Å². The number of fused-ring (bicyclic) bond motifs is 2. The molecule has 27 heavy (non-hydrogen) atoms. The highest BCUT2D eigenvalue weighted by Crippen LogP contribution is 2.33. The molecule has 0 unspecified atom stereocenters. The number of ether oxygens (including phenoxy) is 1. The Bertz CT molecular complexity index is 1200. The van der Waals surface area contributed by atoms with E-state index in [1.165, 1.54) is 0 Å². The van der Waals surface area contributed by atoms with Crippen molar-refractivity contribution in [2.24, 2.45) is 0 Å². The molecule has 2 aromatic carbocycles. The molecule has 2 N–H and O–H groups in total. The summed E-state index contributed by atoms with van der Waals surface area (Å²) in [7, 11) is 0. The summed E-state index contributed by atoms with van der Waals surface area (Å²) in [5.74, 6) is -0.375. The average molecular weight is 401 g/mol. The third kappa shape index (κ3) is 2.87. The van der Waals surface area contributed by atoms with Crippen LogP contribution in [0, 0.1) is 0 Å². The molecule has 0 bridgehead atoms. The maximum Gasteiger partial charge on any atom is 0.344 e. The highest BCUT2D eigenvalue weighted by molar-refractivity contribution is 6.42. The first-order valence-corrected chi connectivity index (χ1v) is 8.96. The number of benzene rings is 2. The van der Waals surface area contributed by atoms with Crippen molar-refractivity contribution in [3.63, 3.8) is 0 Å². The summed E-state index contributed by atoms with van der Waals surface area (Å²) < 4.78 is 6.80. The number of esters is 1. The van der Waals surface area contributed by atoms with E-state index < -0.39 is 5.97 Å². The van der Waals surface area contributed by atoms with Crippen LogP contribution in [-0.4, -0.2) is 27.1 Å². The number of para-hydroxylation sites is 2. The van der Waals surface area contributed by atoms with Crippen molar-refractivity contribution in [3.05, 3.63) is 58.1 Å². The van der Waals surface area contributed by atoms with Gasteiger partial charge >= 0.3 is 5.97 Å². The Morgan fingerprint density at radius 1 is 1.11 bits per heavy atom. The minimum atomic E-state index is -0.552. The Labute approximate surface area is 164 Å². The van der Waals surface area contributed by atoms with Gasteiger partial charge < -0.3 is 10.5 Å². The first-order chi connectivity index (χ1) is 13.0. The van der Waals surface area contributed by atoms with Crippen molar-refractivity contribution in [1.29, 1.82) is 0 Å². The SMILES string of the molecule is CCOC(=O)c1c(N)n(-c2ccc(Cl)c(Cl)c2)c2nc3ccccc3nc12. The molecular formula is C19H14Cl2N4O2. The number of aromatic nitrogens is 3. The van der Waals surface area contributed by atoms with Gasteiger partial charge in [-0.05, 0) is 37.3 Å². The molecule has 0 aliphatic rings. The second kappa shape index (κ2) is 6.72. The normalized spacial score (nSPS) is 11.2. The topological polar surface area (TPSA) is 83.0 Å². The van der Waals surface area contributed by atoms with Gasteiger partial charge in [0.2, 0.25) is 0 Å². The fraction of sp³-hybridized carbons (Fsp3) is 0.105. The van der Waals surface area contributed by atoms with Crippen molar-refractivity contribution < 1.29 is 9.53 Å². The molecule has 6 nitrogen and oxygen atoms in total. The van der Waals surface area contributed by atoms with Gasteiger partial charge in [-0.25, -0.2) is 14.8 Å². The molecule has 0 saturated carbocycles. The van der Waals surface area contributed by atoms with E-state index in [0.29, 0.717) is 37.9 Å². The fourth-order valence-electron chi connectivity index (χ4n) is 2.95. The van der Waals surface area contributed by atoms with E-state index in [0.717, 1.165) is 0 Å². The number of carbonyl (C=O) groups excluding carboxylic acids is 1. The van der Waals surface area contributed by atoms with Crippen LogP contribution in [0.3, 0.4) is 0 Å². The molecule has 2 aromatic heterocycles. The predicted molar refractivity (Wildman–Crippen MR) is 107 cm³/mol. The number of nitrogens with zero attached hydrogens (tertiary/aromatic N) is 3. The summed E-state index contributed by atoms with van der Waals surface area (Å²) in [5, 5.41) is 0.777. The number of hydrogen-bond acceptors (Lipinski definition) is 5. The van der Waals surface area contributed by atoms with Crippen LogP contribution in [0.5, 0.6) is 0 Å². The smallest absolute Gasteiger partial charge is 0.344 e. The number of anilines is 1. The van der Waals surface area contributed by atoms with Gasteiger partial charge in [0, 0.05) is 0 Å². The van der Waals surface area contributed by atoms with Crippen molar-refractivity contribution in [2.45, 2.75) is 6.92 Å². The molecule has 4 rings (SSSR count). The Morgan fingerprint density at radius 3 is 2.48 bits per heavy atom. The zero-order valence-electron chi connectivity index (χ0n) is 14.2. The zero-order valence-corrected chi connectivity index (χ0v) is 15.8. The van der Waals surface area contributed by atoms with Gasteiger partial charge in [0.1, 0.15) is 16.9 Å². The minimum absolute atomic E-state index is 0.177. The quantitative estimate of drug-likeness (QED) is 0.506. The second-order valence-corrected chi connectivity index (χ2v) is 6.61. The van der Waals surface area contributed by atoms with Crippen molar-refractivity contribution in [2.75, 3.05) is 12.3 Å². The van der Waals surface area contributed by atoms with E-state index in [9.17, 15) is 4.79 Å². The highest BCUT2D eigenvalue weighted by atomic mass is 35.5. The molecule has 0 aliphatic heterocycles. The number of nitrogen functional groups attached to an aromatic ring is 1. The zero-order chi connectivity index (χ0) is 19.1. The highest BCUT2D eigenvalue weighted by Gasteiger charge is 2.25. The molecule has 4 aromatic rings. The summed E-state index contributed by atoms with van der Waals surface area (Å²) in [5.41, 5.74) is 9.27. The maximum atomic E-state index is 12.6. The lowest BCUT2D eigenvalue weighted by Crippen LogP contribution is -2.09. The number of halogens is 2. The van der Waals surface area contributed by atoms with Gasteiger partial charge in [-0.3, -0.25) is 4.57 Å². The van der Waals surface area contributed by atoms with E-state index >= 15 is 0 Å². The van der Waals surface area contributed by atoms with Gasteiger partial charge in [0.15, 0.2) is 5.65 Å². The largest absolute Gasteiger partial charge is 0.462 e. The number of carbonyl (C=O) groups is 1. The van der Waals surface area contributed by atoms with E-state index in [4.69, 9.17) is 33.7 Å². The van der Waals surface area contributed by atoms with Gasteiger partial charge in [0.25, 0.3) is 0 Å². The summed E-state index contributed by atoms with van der Waals surface area (Å²) in [6.45, 7) is 1.95. The number of hydrogen-bond donors (Lipinski definition) is 1. The lowest BCUT2D eigenvalue weighted by molar-refractivity contribution is 0.0529. The number of nitrogens with two attached hydrogens (primary N) is 1. The first kappa shape index (κ1) is 17.6. The molecule has 0 radical (unpaired) electrons. The molecule has 0 fully saturated rings. The molecule has 0 spiro atoms. The van der Waals surface area contributed by atoms with E-state index in [2.05, 4.69) is 9.97 Å². The average Bonchev–Trinajstić information content (AvgIpc) is 2.93. The number of rotatable bonds is 3. The van der Waals surface area contributed by atoms with Crippen LogP contribution in [0.25, 0.3) is 27.9 Å². The fourth-order valence-corrected chi connectivity index (χ4v) is 3.24. The molecule has 0 atom stereocenters. The van der Waals surface area contributed by atoms with Crippen molar-refractivity contribution in [1.82, 2.24) is 14.5 Å². The van der Waals surface area contributed by atoms with Gasteiger partial charge in [-0.1, -0.05) is 35.3 Å². The third-order valence-electron chi connectivity index (χ3n) is 4.14. The van der Waals surface area contributed by atoms with Crippen LogP contribution in [0.4, 0.5) is 5.82 Å². The molecule has 0 aliphatic carbocycles. The molecule has 0 saturated heterocycles. The predicted octanol–water partition coefficient (Wildman–Crippen LogP) is 4.64. The van der Waals surface area contributed by atoms with Crippen molar-refractivity contribution in [3.8, 4) is 5.69 Å². The molecule has 136 valence electrons. The lowest BCUT2D eigenvalue weighted by Gasteiger charge is -2.09. The van der Waals surface area contributed by atoms with Crippen LogP contribution in [0.15, 0.2) is 42.5 Å². The summed E-state index contributed by atoms with van der Waals surface area (Å²) in [6.07, 6.45) is 0. The van der Waals surface area contributed by atoms with Crippen LogP contribution in [0.2, 0.25) is 10.0 Å². The lowest BCUT2D eigenvalue weighted by atomic mass is 10.2. The Kier molecular flexibility index (Phi) is 4.37. The summed E-state index contributed by atoms with van der Waals surface area (Å²) in [4.78, 5) is 21.8. The van der Waals surface area contributed by atoms with E-state index in [1.807, 2.05) is 24.3 Å². The van der Waals surface area contributed by atoms with Gasteiger partial charge in [-0.15, -0.1) is 0 Å². The molecular weight excluding hydrogens is 387 g/mol. The monoisotopic (exact) mass is 400 g/mol. The van der Waals surface area contributed by atoms with Crippen LogP contribution < -0.4 is 5.73 Å². The van der Waals surface area contributed by atoms with Crippen LogP contribution >= 0.6 is 23.2 Å². The van der Waals surface area contributed by atoms with Crippen molar-refractivity contribution >= 4 is 57.2 Å². The summed E-state index contributed by atoms with van der Waals surface area (Å²) >= 11 is 12.2. The third-order valence-corrected chi connectivity index (χ3v) is 4.88. The molecule has 8 heteroatoms. The van der Waals surface area contributed by atoms with Crippen LogP contribution in [-0.2, 0) is 4.74 Å². The van der Waals surface area contributed by atoms with Crippen LogP contribution in [0.1, 0.15) is 17.3 Å². The second-order valence-electron chi connectivity index (χ2n) is 5.80. The van der Waals surface area contributed by atoms with E-state index in [1.54, 1.807) is 29.7 Å². The van der Waals surface area contributed by atoms with Gasteiger partial charge in [-0.2, -0.15) is 0 Å².